The van der Waals surface area contributed by atoms with Gasteiger partial charge in [0.05, 0.1) is 24.1 Å². The van der Waals surface area contributed by atoms with E-state index in [0.29, 0.717) is 24.5 Å². The summed E-state index contributed by atoms with van der Waals surface area (Å²) in [6, 6.07) is 4.86. The van der Waals surface area contributed by atoms with Crippen LogP contribution in [0.1, 0.15) is 10.4 Å². The SMILES string of the molecule is Nc1ccc(N2C=NCC2)c(C(=O)O)c1. The molecule has 78 valence electrons. The van der Waals surface area contributed by atoms with E-state index in [1.807, 2.05) is 4.90 Å². The van der Waals surface area contributed by atoms with Crippen molar-refractivity contribution in [3.05, 3.63) is 23.8 Å². The molecule has 0 spiro atoms. The lowest BCUT2D eigenvalue weighted by atomic mass is 10.1. The first-order valence-electron chi connectivity index (χ1n) is 4.58. The van der Waals surface area contributed by atoms with Crippen molar-refractivity contribution in [1.29, 1.82) is 0 Å². The van der Waals surface area contributed by atoms with E-state index in [2.05, 4.69) is 4.99 Å². The molecule has 0 aliphatic carbocycles. The van der Waals surface area contributed by atoms with Gasteiger partial charge in [-0.3, -0.25) is 4.99 Å². The first-order valence-corrected chi connectivity index (χ1v) is 4.58. The number of hydrogen-bond acceptors (Lipinski definition) is 4. The van der Waals surface area contributed by atoms with Gasteiger partial charge in [0.1, 0.15) is 0 Å². The average Bonchev–Trinajstić information content (AvgIpc) is 2.70. The van der Waals surface area contributed by atoms with Crippen LogP contribution in [0, 0.1) is 0 Å². The fourth-order valence-corrected chi connectivity index (χ4v) is 1.54. The maximum atomic E-state index is 11.0. The zero-order valence-corrected chi connectivity index (χ0v) is 8.05. The summed E-state index contributed by atoms with van der Waals surface area (Å²) >= 11 is 0. The van der Waals surface area contributed by atoms with Crippen LogP contribution in [0.4, 0.5) is 11.4 Å². The van der Waals surface area contributed by atoms with Crippen molar-refractivity contribution < 1.29 is 9.90 Å². The minimum absolute atomic E-state index is 0.211. The van der Waals surface area contributed by atoms with E-state index < -0.39 is 5.97 Å². The van der Waals surface area contributed by atoms with Crippen molar-refractivity contribution in [2.24, 2.45) is 4.99 Å². The molecule has 0 aromatic heterocycles. The number of nitrogen functional groups attached to an aromatic ring is 1. The molecule has 0 amide bonds. The van der Waals surface area contributed by atoms with Crippen LogP contribution in [-0.2, 0) is 0 Å². The Labute approximate surface area is 86.8 Å². The zero-order chi connectivity index (χ0) is 10.8. The maximum Gasteiger partial charge on any atom is 0.337 e. The van der Waals surface area contributed by atoms with Crippen LogP contribution < -0.4 is 10.6 Å². The lowest BCUT2D eigenvalue weighted by Crippen LogP contribution is -2.21. The van der Waals surface area contributed by atoms with E-state index in [1.54, 1.807) is 18.5 Å². The van der Waals surface area contributed by atoms with E-state index in [-0.39, 0.29) is 5.56 Å². The molecule has 15 heavy (non-hydrogen) atoms. The second-order valence-electron chi connectivity index (χ2n) is 3.30. The van der Waals surface area contributed by atoms with Crippen LogP contribution >= 0.6 is 0 Å². The van der Waals surface area contributed by atoms with Crippen molar-refractivity contribution in [1.82, 2.24) is 0 Å². The summed E-state index contributed by atoms with van der Waals surface area (Å²) in [5.74, 6) is -0.974. The molecule has 0 atom stereocenters. The number of anilines is 2. The summed E-state index contributed by atoms with van der Waals surface area (Å²) in [5.41, 5.74) is 6.85. The van der Waals surface area contributed by atoms with Crippen molar-refractivity contribution in [3.63, 3.8) is 0 Å². The number of benzene rings is 1. The van der Waals surface area contributed by atoms with Gasteiger partial charge in [-0.05, 0) is 18.2 Å². The fourth-order valence-electron chi connectivity index (χ4n) is 1.54. The van der Waals surface area contributed by atoms with Gasteiger partial charge in [-0.15, -0.1) is 0 Å². The maximum absolute atomic E-state index is 11.0. The van der Waals surface area contributed by atoms with E-state index >= 15 is 0 Å². The average molecular weight is 205 g/mol. The number of aromatic carboxylic acids is 1. The van der Waals surface area contributed by atoms with E-state index in [9.17, 15) is 4.79 Å². The Bertz CT molecular complexity index is 429. The van der Waals surface area contributed by atoms with Crippen LogP contribution in [0.3, 0.4) is 0 Å². The van der Waals surface area contributed by atoms with E-state index in [4.69, 9.17) is 10.8 Å². The monoisotopic (exact) mass is 205 g/mol. The highest BCUT2D eigenvalue weighted by atomic mass is 16.4. The molecule has 1 aromatic carbocycles. The van der Waals surface area contributed by atoms with E-state index in [0.717, 1.165) is 0 Å². The number of rotatable bonds is 2. The fraction of sp³-hybridized carbons (Fsp3) is 0.200. The summed E-state index contributed by atoms with van der Waals surface area (Å²) in [6.45, 7) is 1.41. The quantitative estimate of drug-likeness (QED) is 0.700. The number of carbonyl (C=O) groups is 1. The van der Waals surface area contributed by atoms with Crippen molar-refractivity contribution in [3.8, 4) is 0 Å². The first-order chi connectivity index (χ1) is 7.18. The Morgan fingerprint density at radius 1 is 1.53 bits per heavy atom. The third-order valence-corrected chi connectivity index (χ3v) is 2.25. The molecule has 0 bridgehead atoms. The van der Waals surface area contributed by atoms with Gasteiger partial charge < -0.3 is 15.7 Å². The van der Waals surface area contributed by atoms with Gasteiger partial charge in [0.25, 0.3) is 0 Å². The number of nitrogens with zero attached hydrogens (tertiary/aromatic N) is 2. The molecule has 5 heteroatoms. The smallest absolute Gasteiger partial charge is 0.337 e. The number of carboxylic acids is 1. The Morgan fingerprint density at radius 2 is 2.33 bits per heavy atom. The Balaban J connectivity index is 2.45. The summed E-state index contributed by atoms with van der Waals surface area (Å²) in [7, 11) is 0. The standard InChI is InChI=1S/C10H11N3O2/c11-7-1-2-9(8(5-7)10(14)15)13-4-3-12-6-13/h1-2,5-6H,3-4,11H2,(H,14,15). The molecule has 0 saturated heterocycles. The molecule has 3 N–H and O–H groups in total. The van der Waals surface area contributed by atoms with Crippen LogP contribution in [0.5, 0.6) is 0 Å². The molecule has 1 heterocycles. The van der Waals surface area contributed by atoms with Gasteiger partial charge in [-0.2, -0.15) is 0 Å². The molecule has 0 unspecified atom stereocenters. The Hall–Kier alpha value is -2.04. The minimum atomic E-state index is -0.974. The lowest BCUT2D eigenvalue weighted by molar-refractivity contribution is 0.0698. The molecule has 1 aromatic rings. The largest absolute Gasteiger partial charge is 0.478 e. The highest BCUT2D eigenvalue weighted by Crippen LogP contribution is 2.23. The normalized spacial score (nSPS) is 14.5. The summed E-state index contributed by atoms with van der Waals surface area (Å²) < 4.78 is 0. The Kier molecular flexibility index (Phi) is 2.29. The van der Waals surface area contributed by atoms with Gasteiger partial charge in [-0.1, -0.05) is 0 Å². The molecule has 1 aliphatic heterocycles. The predicted octanol–water partition coefficient (Wildman–Crippen LogP) is 0.815. The Morgan fingerprint density at radius 3 is 2.93 bits per heavy atom. The molecule has 5 nitrogen and oxygen atoms in total. The molecular weight excluding hydrogens is 194 g/mol. The van der Waals surface area contributed by atoms with Crippen LogP contribution in [-0.4, -0.2) is 30.5 Å². The van der Waals surface area contributed by atoms with Crippen molar-refractivity contribution >= 4 is 23.7 Å². The number of nitrogens with two attached hydrogens (primary N) is 1. The van der Waals surface area contributed by atoms with Gasteiger partial charge in [-0.25, -0.2) is 4.79 Å². The molecule has 2 rings (SSSR count). The molecule has 0 saturated carbocycles. The van der Waals surface area contributed by atoms with Crippen molar-refractivity contribution in [2.45, 2.75) is 0 Å². The number of carboxylic acid groups (broad SMARTS) is 1. The highest BCUT2D eigenvalue weighted by molar-refractivity contribution is 5.99. The van der Waals surface area contributed by atoms with Gasteiger partial charge in [0, 0.05) is 12.2 Å². The summed E-state index contributed by atoms with van der Waals surface area (Å²) in [6.07, 6.45) is 1.65. The summed E-state index contributed by atoms with van der Waals surface area (Å²) in [4.78, 5) is 16.9. The molecule has 0 radical (unpaired) electrons. The minimum Gasteiger partial charge on any atom is -0.478 e. The third kappa shape index (κ3) is 1.76. The second-order valence-corrected chi connectivity index (χ2v) is 3.30. The van der Waals surface area contributed by atoms with Gasteiger partial charge in [0.2, 0.25) is 0 Å². The number of hydrogen-bond donors (Lipinski definition) is 2. The molecular formula is C10H11N3O2. The topological polar surface area (TPSA) is 78.9 Å². The van der Waals surface area contributed by atoms with Gasteiger partial charge >= 0.3 is 5.97 Å². The van der Waals surface area contributed by atoms with Crippen LogP contribution in [0.2, 0.25) is 0 Å². The molecule has 0 fully saturated rings. The first kappa shape index (κ1) is 9.51. The highest BCUT2D eigenvalue weighted by Gasteiger charge is 2.16. The predicted molar refractivity (Wildman–Crippen MR) is 58.5 cm³/mol. The number of aliphatic imine (C=N–C) groups is 1. The van der Waals surface area contributed by atoms with Crippen molar-refractivity contribution in [2.75, 3.05) is 23.7 Å². The van der Waals surface area contributed by atoms with E-state index in [1.165, 1.54) is 6.07 Å². The van der Waals surface area contributed by atoms with Crippen LogP contribution in [0.15, 0.2) is 23.2 Å². The lowest BCUT2D eigenvalue weighted by Gasteiger charge is -2.16. The summed E-state index contributed by atoms with van der Waals surface area (Å²) in [5, 5.41) is 9.02. The van der Waals surface area contributed by atoms with Crippen LogP contribution in [0.25, 0.3) is 0 Å². The molecule has 1 aliphatic rings. The van der Waals surface area contributed by atoms with Gasteiger partial charge in [0.15, 0.2) is 0 Å². The third-order valence-electron chi connectivity index (χ3n) is 2.25. The zero-order valence-electron chi connectivity index (χ0n) is 8.05. The second kappa shape index (κ2) is 3.61.